The highest BCUT2D eigenvalue weighted by molar-refractivity contribution is 7.53. The number of aliphatic hydroxyl groups is 1. The predicted molar refractivity (Wildman–Crippen MR) is 96.2 cm³/mol. The van der Waals surface area contributed by atoms with Gasteiger partial charge in [-0.2, -0.15) is 0 Å². The topological polar surface area (TPSA) is 92.7 Å². The minimum Gasteiger partial charge on any atom is -0.374 e. The van der Waals surface area contributed by atoms with Crippen LogP contribution in [0.4, 0.5) is 0 Å². The van der Waals surface area contributed by atoms with E-state index in [9.17, 15) is 9.67 Å². The van der Waals surface area contributed by atoms with Gasteiger partial charge in [-0.05, 0) is 19.4 Å². The van der Waals surface area contributed by atoms with Gasteiger partial charge in [0.25, 0.3) is 0 Å². The van der Waals surface area contributed by atoms with Crippen molar-refractivity contribution in [2.75, 3.05) is 27.0 Å². The molecule has 3 rings (SSSR count). The van der Waals surface area contributed by atoms with Crippen LogP contribution in [0.15, 0.2) is 30.3 Å². The van der Waals surface area contributed by atoms with Gasteiger partial charge in [0.2, 0.25) is 5.79 Å². The Kier molecular flexibility index (Phi) is 6.11. The van der Waals surface area contributed by atoms with Crippen molar-refractivity contribution in [2.45, 2.75) is 50.3 Å². The first-order valence-corrected chi connectivity index (χ1v) is 10.5. The van der Waals surface area contributed by atoms with Crippen LogP contribution in [-0.4, -0.2) is 62.0 Å². The molecule has 9 heteroatoms. The van der Waals surface area contributed by atoms with Crippen LogP contribution in [0.25, 0.3) is 0 Å². The summed E-state index contributed by atoms with van der Waals surface area (Å²) in [7, 11) is -1.02. The average Bonchev–Trinajstić information content (AvgIpc) is 3.08. The van der Waals surface area contributed by atoms with E-state index in [2.05, 4.69) is 0 Å². The molecule has 0 aromatic heterocycles. The monoisotopic (exact) mass is 402 g/mol. The van der Waals surface area contributed by atoms with Crippen LogP contribution >= 0.6 is 7.60 Å². The zero-order chi connectivity index (χ0) is 19.7. The third-order valence-corrected chi connectivity index (χ3v) is 6.62. The molecule has 2 heterocycles. The summed E-state index contributed by atoms with van der Waals surface area (Å²) in [5.74, 6) is -2.78. The van der Waals surface area contributed by atoms with E-state index in [4.69, 9.17) is 28.0 Å². The molecule has 8 nitrogen and oxygen atoms in total. The van der Waals surface area contributed by atoms with E-state index >= 15 is 0 Å². The molecule has 2 aliphatic heterocycles. The van der Waals surface area contributed by atoms with Crippen LogP contribution in [0.3, 0.4) is 0 Å². The number of rotatable bonds is 8. The summed E-state index contributed by atoms with van der Waals surface area (Å²) in [4.78, 5) is 0. The van der Waals surface area contributed by atoms with E-state index in [1.165, 1.54) is 14.2 Å². The Morgan fingerprint density at radius 2 is 1.78 bits per heavy atom. The van der Waals surface area contributed by atoms with E-state index in [0.717, 1.165) is 5.56 Å². The standard InChI is InChI=1S/C18H27O8P/c1-17(2)25-15-14(11-23-10-13-8-6-5-7-9-13)24-18(19,16(15)26-17)12-27(20,21-3)22-4/h5-9,14-16,19H,10-12H2,1-4H3/t14?,15-,16-,18+/m1/s1. The van der Waals surface area contributed by atoms with Crippen molar-refractivity contribution >= 4 is 7.60 Å². The molecule has 2 saturated heterocycles. The normalized spacial score (nSPS) is 32.6. The molecule has 1 aromatic carbocycles. The summed E-state index contributed by atoms with van der Waals surface area (Å²) < 4.78 is 45.8. The van der Waals surface area contributed by atoms with Gasteiger partial charge in [-0.1, -0.05) is 30.3 Å². The van der Waals surface area contributed by atoms with E-state index in [-0.39, 0.29) is 12.8 Å². The maximum absolute atomic E-state index is 12.6. The summed E-state index contributed by atoms with van der Waals surface area (Å²) in [6, 6.07) is 9.72. The van der Waals surface area contributed by atoms with Crippen molar-refractivity contribution < 1.29 is 37.7 Å². The van der Waals surface area contributed by atoms with Crippen molar-refractivity contribution in [1.29, 1.82) is 0 Å². The Morgan fingerprint density at radius 3 is 2.41 bits per heavy atom. The maximum Gasteiger partial charge on any atom is 0.335 e. The molecule has 1 unspecified atom stereocenters. The van der Waals surface area contributed by atoms with Crippen molar-refractivity contribution in [3.63, 3.8) is 0 Å². The lowest BCUT2D eigenvalue weighted by Crippen LogP contribution is -2.46. The maximum atomic E-state index is 12.6. The highest BCUT2D eigenvalue weighted by Gasteiger charge is 2.64. The Bertz CT molecular complexity index is 673. The van der Waals surface area contributed by atoms with Crippen molar-refractivity contribution in [2.24, 2.45) is 0 Å². The van der Waals surface area contributed by atoms with Gasteiger partial charge in [0.05, 0.1) is 13.2 Å². The summed E-state index contributed by atoms with van der Waals surface area (Å²) in [6.07, 6.45) is -2.37. The summed E-state index contributed by atoms with van der Waals surface area (Å²) in [6.45, 7) is 4.08. The van der Waals surface area contributed by atoms with Gasteiger partial charge >= 0.3 is 7.60 Å². The first kappa shape index (κ1) is 20.9. The van der Waals surface area contributed by atoms with Crippen LogP contribution in [0, 0.1) is 0 Å². The van der Waals surface area contributed by atoms with E-state index in [1.807, 2.05) is 30.3 Å². The molecule has 4 atom stereocenters. The number of fused-ring (bicyclic) bond motifs is 1. The molecule has 0 spiro atoms. The van der Waals surface area contributed by atoms with Gasteiger partial charge in [0, 0.05) is 14.2 Å². The van der Waals surface area contributed by atoms with E-state index in [0.29, 0.717) is 6.61 Å². The first-order chi connectivity index (χ1) is 12.7. The van der Waals surface area contributed by atoms with Gasteiger partial charge < -0.3 is 33.1 Å². The number of benzene rings is 1. The largest absolute Gasteiger partial charge is 0.374 e. The van der Waals surface area contributed by atoms with Crippen molar-refractivity contribution in [3.05, 3.63) is 35.9 Å². The number of ether oxygens (including phenoxy) is 4. The van der Waals surface area contributed by atoms with Crippen molar-refractivity contribution in [3.8, 4) is 0 Å². The summed E-state index contributed by atoms with van der Waals surface area (Å²) in [5, 5.41) is 11.1. The lowest BCUT2D eigenvalue weighted by molar-refractivity contribution is -0.269. The molecule has 0 radical (unpaired) electrons. The van der Waals surface area contributed by atoms with Crippen LogP contribution in [0.2, 0.25) is 0 Å². The Hall–Kier alpha value is -0.830. The fourth-order valence-corrected chi connectivity index (χ4v) is 4.63. The van der Waals surface area contributed by atoms with Gasteiger partial charge in [-0.15, -0.1) is 0 Å². The highest BCUT2D eigenvalue weighted by atomic mass is 31.2. The Morgan fingerprint density at radius 1 is 1.11 bits per heavy atom. The second-order valence-electron chi connectivity index (χ2n) is 7.16. The van der Waals surface area contributed by atoms with Gasteiger partial charge in [-0.25, -0.2) is 0 Å². The minimum absolute atomic E-state index is 0.183. The summed E-state index contributed by atoms with van der Waals surface area (Å²) >= 11 is 0. The molecular weight excluding hydrogens is 375 g/mol. The zero-order valence-corrected chi connectivity index (χ0v) is 16.9. The smallest absolute Gasteiger partial charge is 0.335 e. The van der Waals surface area contributed by atoms with Gasteiger partial charge in [0.15, 0.2) is 5.79 Å². The minimum atomic E-state index is -3.54. The zero-order valence-electron chi connectivity index (χ0n) is 16.0. The van der Waals surface area contributed by atoms with Crippen molar-refractivity contribution in [1.82, 2.24) is 0 Å². The molecule has 152 valence electrons. The molecular formula is C18H27O8P. The van der Waals surface area contributed by atoms with E-state index in [1.54, 1.807) is 13.8 Å². The Labute approximate surface area is 159 Å². The van der Waals surface area contributed by atoms with Gasteiger partial charge in [0.1, 0.15) is 24.5 Å². The fraction of sp³-hybridized carbons (Fsp3) is 0.667. The number of hydrogen-bond donors (Lipinski definition) is 1. The first-order valence-electron chi connectivity index (χ1n) is 8.78. The highest BCUT2D eigenvalue weighted by Crippen LogP contribution is 2.54. The molecule has 0 aliphatic carbocycles. The fourth-order valence-electron chi connectivity index (χ4n) is 3.41. The second-order valence-corrected chi connectivity index (χ2v) is 9.43. The molecule has 2 aliphatic rings. The second kappa shape index (κ2) is 7.89. The van der Waals surface area contributed by atoms with Crippen LogP contribution in [0.1, 0.15) is 19.4 Å². The molecule has 1 N–H and O–H groups in total. The molecule has 27 heavy (non-hydrogen) atoms. The molecule has 2 fully saturated rings. The molecule has 0 amide bonds. The van der Waals surface area contributed by atoms with Crippen LogP contribution in [-0.2, 0) is 39.2 Å². The van der Waals surface area contributed by atoms with Crippen LogP contribution < -0.4 is 0 Å². The lowest BCUT2D eigenvalue weighted by atomic mass is 10.1. The quantitative estimate of drug-likeness (QED) is 0.663. The predicted octanol–water partition coefficient (Wildman–Crippen LogP) is 2.30. The lowest BCUT2D eigenvalue weighted by Gasteiger charge is -2.31. The van der Waals surface area contributed by atoms with E-state index < -0.39 is 37.5 Å². The average molecular weight is 402 g/mol. The molecule has 0 bridgehead atoms. The van der Waals surface area contributed by atoms with Crippen LogP contribution in [0.5, 0.6) is 0 Å². The summed E-state index contributed by atoms with van der Waals surface area (Å²) in [5.41, 5.74) is 1.02. The molecule has 1 aromatic rings. The SMILES string of the molecule is COP(=O)(C[C@]1(O)OC(COCc2ccccc2)[C@H]2OC(C)(C)O[C@H]21)OC. The third-order valence-electron chi connectivity index (χ3n) is 4.67. The number of hydrogen-bond acceptors (Lipinski definition) is 8. The Balaban J connectivity index is 1.71. The van der Waals surface area contributed by atoms with Gasteiger partial charge in [-0.3, -0.25) is 4.57 Å². The third kappa shape index (κ3) is 4.60. The molecule has 0 saturated carbocycles.